The minimum atomic E-state index is -0.609. The lowest BCUT2D eigenvalue weighted by atomic mass is 9.64. The molecule has 0 aromatic heterocycles. The normalized spacial score (nSPS) is 27.7. The third-order valence-electron chi connectivity index (χ3n) is 3.54. The fourth-order valence-corrected chi connectivity index (χ4v) is 2.11. The van der Waals surface area contributed by atoms with Crippen molar-refractivity contribution in [1.82, 2.24) is 5.32 Å². The van der Waals surface area contributed by atoms with Gasteiger partial charge in [0, 0.05) is 24.5 Å². The zero-order valence-corrected chi connectivity index (χ0v) is 10.8. The number of ether oxygens (including phenoxy) is 1. The number of carbonyl (C=O) groups excluding carboxylic acids is 1. The lowest BCUT2D eigenvalue weighted by Crippen LogP contribution is -2.63. The van der Waals surface area contributed by atoms with Crippen LogP contribution >= 0.6 is 0 Å². The summed E-state index contributed by atoms with van der Waals surface area (Å²) in [6, 6.07) is -0.489. The predicted molar refractivity (Wildman–Crippen MR) is 67.2 cm³/mol. The molecule has 3 unspecified atom stereocenters. The summed E-state index contributed by atoms with van der Waals surface area (Å²) in [5, 5.41) is 2.94. The zero-order chi connectivity index (χ0) is 13.1. The van der Waals surface area contributed by atoms with E-state index in [-0.39, 0.29) is 29.9 Å². The molecule has 1 saturated carbocycles. The Bertz CT molecular complexity index is 320. The Morgan fingerprint density at radius 1 is 1.71 bits per heavy atom. The highest BCUT2D eigenvalue weighted by atomic mass is 16.5. The van der Waals surface area contributed by atoms with Crippen LogP contribution in [-0.4, -0.2) is 30.7 Å². The third kappa shape index (κ3) is 2.99. The van der Waals surface area contributed by atoms with Crippen LogP contribution in [0.3, 0.4) is 0 Å². The Morgan fingerprint density at radius 3 is 2.82 bits per heavy atom. The van der Waals surface area contributed by atoms with Crippen molar-refractivity contribution >= 4 is 5.91 Å². The van der Waals surface area contributed by atoms with Crippen LogP contribution in [0.4, 0.5) is 0 Å². The topological polar surface area (TPSA) is 64.4 Å². The van der Waals surface area contributed by atoms with Gasteiger partial charge < -0.3 is 15.8 Å². The van der Waals surface area contributed by atoms with Gasteiger partial charge in [-0.2, -0.15) is 0 Å². The maximum Gasteiger partial charge on any atom is 0.238 e. The van der Waals surface area contributed by atoms with Crippen LogP contribution in [0.15, 0.2) is 0 Å². The van der Waals surface area contributed by atoms with Crippen molar-refractivity contribution in [1.29, 1.82) is 0 Å². The lowest BCUT2D eigenvalue weighted by molar-refractivity contribution is -0.137. The Labute approximate surface area is 103 Å². The van der Waals surface area contributed by atoms with E-state index >= 15 is 0 Å². The summed E-state index contributed by atoms with van der Waals surface area (Å²) in [5.74, 6) is 2.23. The van der Waals surface area contributed by atoms with E-state index in [0.717, 1.165) is 6.42 Å². The van der Waals surface area contributed by atoms with Gasteiger partial charge in [0.2, 0.25) is 5.91 Å². The summed E-state index contributed by atoms with van der Waals surface area (Å²) in [6.45, 7) is 6.86. The van der Waals surface area contributed by atoms with Gasteiger partial charge in [-0.05, 0) is 13.3 Å². The number of hydrogen-bond acceptors (Lipinski definition) is 3. The van der Waals surface area contributed by atoms with E-state index in [1.807, 2.05) is 6.92 Å². The number of nitrogens with two attached hydrogens (primary N) is 1. The summed E-state index contributed by atoms with van der Waals surface area (Å²) < 4.78 is 5.60. The van der Waals surface area contributed by atoms with E-state index in [2.05, 4.69) is 25.1 Å². The Morgan fingerprint density at radius 2 is 2.35 bits per heavy atom. The standard InChI is InChI=1S/C13H22N2O2/c1-5-7-9(14)12(16)15-10-8-11(17-6-2)13(10,3)4/h1,9-11H,6-8,14H2,2-4H3,(H,15,16). The molecule has 4 nitrogen and oxygen atoms in total. The minimum absolute atomic E-state index is 0.0401. The van der Waals surface area contributed by atoms with Gasteiger partial charge in [0.05, 0.1) is 12.1 Å². The lowest BCUT2D eigenvalue weighted by Gasteiger charge is -2.51. The zero-order valence-electron chi connectivity index (χ0n) is 10.8. The van der Waals surface area contributed by atoms with Crippen LogP contribution < -0.4 is 11.1 Å². The Balaban J connectivity index is 2.45. The number of amides is 1. The molecule has 1 rings (SSSR count). The molecule has 0 heterocycles. The molecule has 17 heavy (non-hydrogen) atoms. The van der Waals surface area contributed by atoms with Crippen LogP contribution in [0.1, 0.15) is 33.6 Å². The number of rotatable bonds is 5. The Kier molecular flexibility index (Phi) is 4.55. The van der Waals surface area contributed by atoms with Gasteiger partial charge in [0.25, 0.3) is 0 Å². The SMILES string of the molecule is C#CCC(N)C(=O)NC1CC(OCC)C1(C)C. The average Bonchev–Trinajstić information content (AvgIpc) is 2.27. The molecule has 0 aromatic rings. The van der Waals surface area contributed by atoms with E-state index in [0.29, 0.717) is 6.61 Å². The molecular formula is C13H22N2O2. The highest BCUT2D eigenvalue weighted by Crippen LogP contribution is 2.42. The van der Waals surface area contributed by atoms with Crippen molar-refractivity contribution in [2.75, 3.05) is 6.61 Å². The van der Waals surface area contributed by atoms with Crippen molar-refractivity contribution < 1.29 is 9.53 Å². The van der Waals surface area contributed by atoms with Crippen LogP contribution in [0.2, 0.25) is 0 Å². The molecule has 0 bridgehead atoms. The maximum absolute atomic E-state index is 11.7. The molecule has 0 spiro atoms. The predicted octanol–water partition coefficient (Wildman–Crippen LogP) is 0.657. The van der Waals surface area contributed by atoms with E-state index in [1.165, 1.54) is 0 Å². The second kappa shape index (κ2) is 5.52. The van der Waals surface area contributed by atoms with Gasteiger partial charge in [-0.1, -0.05) is 13.8 Å². The van der Waals surface area contributed by atoms with Gasteiger partial charge in [0.15, 0.2) is 0 Å². The first kappa shape index (κ1) is 14.0. The van der Waals surface area contributed by atoms with Crippen LogP contribution in [0, 0.1) is 17.8 Å². The highest BCUT2D eigenvalue weighted by molar-refractivity contribution is 5.82. The number of hydrogen-bond donors (Lipinski definition) is 2. The van der Waals surface area contributed by atoms with Gasteiger partial charge >= 0.3 is 0 Å². The summed E-state index contributed by atoms with van der Waals surface area (Å²) in [6.07, 6.45) is 6.45. The monoisotopic (exact) mass is 238 g/mol. The molecule has 3 N–H and O–H groups in total. The van der Waals surface area contributed by atoms with Crippen molar-refractivity contribution in [3.8, 4) is 12.3 Å². The van der Waals surface area contributed by atoms with Crippen molar-refractivity contribution in [2.24, 2.45) is 11.1 Å². The van der Waals surface area contributed by atoms with Crippen molar-refractivity contribution in [3.63, 3.8) is 0 Å². The smallest absolute Gasteiger partial charge is 0.238 e. The second-order valence-corrected chi connectivity index (χ2v) is 5.08. The van der Waals surface area contributed by atoms with E-state index < -0.39 is 6.04 Å². The summed E-state index contributed by atoms with van der Waals surface area (Å²) >= 11 is 0. The summed E-state index contributed by atoms with van der Waals surface area (Å²) in [4.78, 5) is 11.7. The molecule has 3 atom stereocenters. The fraction of sp³-hybridized carbons (Fsp3) is 0.769. The first-order chi connectivity index (χ1) is 7.93. The van der Waals surface area contributed by atoms with Gasteiger partial charge in [-0.3, -0.25) is 4.79 Å². The molecule has 4 heteroatoms. The second-order valence-electron chi connectivity index (χ2n) is 5.08. The van der Waals surface area contributed by atoms with E-state index in [9.17, 15) is 4.79 Å². The highest BCUT2D eigenvalue weighted by Gasteiger charge is 2.49. The molecule has 0 radical (unpaired) electrons. The molecule has 0 aromatic carbocycles. The molecule has 1 aliphatic carbocycles. The summed E-state index contributed by atoms with van der Waals surface area (Å²) in [7, 11) is 0. The van der Waals surface area contributed by atoms with Gasteiger partial charge in [-0.25, -0.2) is 0 Å². The van der Waals surface area contributed by atoms with E-state index in [1.54, 1.807) is 0 Å². The quantitative estimate of drug-likeness (QED) is 0.691. The molecule has 1 amide bonds. The van der Waals surface area contributed by atoms with Gasteiger partial charge in [0.1, 0.15) is 0 Å². The third-order valence-corrected chi connectivity index (χ3v) is 3.54. The average molecular weight is 238 g/mol. The molecule has 96 valence electrons. The van der Waals surface area contributed by atoms with Crippen LogP contribution in [0.5, 0.6) is 0 Å². The number of carbonyl (C=O) groups is 1. The number of terminal acetylenes is 1. The summed E-state index contributed by atoms with van der Waals surface area (Å²) in [5.41, 5.74) is 5.61. The molecule has 1 fully saturated rings. The molecule has 0 aliphatic heterocycles. The molecule has 1 aliphatic rings. The van der Waals surface area contributed by atoms with E-state index in [4.69, 9.17) is 16.9 Å². The minimum Gasteiger partial charge on any atom is -0.378 e. The van der Waals surface area contributed by atoms with Crippen LogP contribution in [-0.2, 0) is 9.53 Å². The first-order valence-corrected chi connectivity index (χ1v) is 6.04. The number of nitrogens with one attached hydrogen (secondary N) is 1. The largest absolute Gasteiger partial charge is 0.378 e. The molecule has 0 saturated heterocycles. The first-order valence-electron chi connectivity index (χ1n) is 6.04. The van der Waals surface area contributed by atoms with Crippen molar-refractivity contribution in [3.05, 3.63) is 0 Å². The van der Waals surface area contributed by atoms with Gasteiger partial charge in [-0.15, -0.1) is 12.3 Å². The maximum atomic E-state index is 11.7. The van der Waals surface area contributed by atoms with Crippen molar-refractivity contribution in [2.45, 2.75) is 51.8 Å². The fourth-order valence-electron chi connectivity index (χ4n) is 2.11. The van der Waals surface area contributed by atoms with Crippen LogP contribution in [0.25, 0.3) is 0 Å². The molecular weight excluding hydrogens is 216 g/mol. The Hall–Kier alpha value is -1.05.